The maximum Gasteiger partial charge on any atom is 0.341 e. The molecule has 1 amide bonds. The summed E-state index contributed by atoms with van der Waals surface area (Å²) >= 11 is 6.05. The zero-order valence-electron chi connectivity index (χ0n) is 14.1. The van der Waals surface area contributed by atoms with E-state index in [1.807, 2.05) is 0 Å². The lowest BCUT2D eigenvalue weighted by atomic mass is 9.63. The van der Waals surface area contributed by atoms with Gasteiger partial charge >= 0.3 is 5.97 Å². The van der Waals surface area contributed by atoms with E-state index < -0.39 is 35.5 Å². The molecular formula is C19H16ClF2NO4. The van der Waals surface area contributed by atoms with E-state index in [-0.39, 0.29) is 16.3 Å². The zero-order valence-corrected chi connectivity index (χ0v) is 14.9. The van der Waals surface area contributed by atoms with Crippen molar-refractivity contribution in [2.24, 2.45) is 0 Å². The molecule has 2 aromatic rings. The van der Waals surface area contributed by atoms with Crippen LogP contribution in [0.2, 0.25) is 5.02 Å². The summed E-state index contributed by atoms with van der Waals surface area (Å²) in [7, 11) is 0. The summed E-state index contributed by atoms with van der Waals surface area (Å²) in [6.07, 6.45) is 1.66. The van der Waals surface area contributed by atoms with Crippen molar-refractivity contribution in [2.75, 3.05) is 11.9 Å². The number of benzene rings is 2. The molecule has 1 saturated carbocycles. The van der Waals surface area contributed by atoms with E-state index >= 15 is 0 Å². The molecule has 3 rings (SSSR count). The lowest BCUT2D eigenvalue weighted by Crippen LogP contribution is -2.46. The van der Waals surface area contributed by atoms with Gasteiger partial charge in [0, 0.05) is 17.3 Å². The number of carboxylic acid groups (broad SMARTS) is 1. The van der Waals surface area contributed by atoms with E-state index in [0.717, 1.165) is 18.6 Å². The van der Waals surface area contributed by atoms with Crippen LogP contribution in [0, 0.1) is 11.6 Å². The van der Waals surface area contributed by atoms with Gasteiger partial charge in [0.25, 0.3) is 0 Å². The van der Waals surface area contributed by atoms with Crippen LogP contribution < -0.4 is 10.1 Å². The maximum atomic E-state index is 14.2. The highest BCUT2D eigenvalue weighted by Gasteiger charge is 2.47. The summed E-state index contributed by atoms with van der Waals surface area (Å²) in [6.45, 7) is -0.543. The first-order valence-electron chi connectivity index (χ1n) is 8.23. The average Bonchev–Trinajstić information content (AvgIpc) is 2.55. The van der Waals surface area contributed by atoms with Crippen molar-refractivity contribution in [2.45, 2.75) is 24.7 Å². The van der Waals surface area contributed by atoms with Crippen LogP contribution in [0.4, 0.5) is 14.5 Å². The molecule has 0 bridgehead atoms. The Morgan fingerprint density at radius 1 is 1.19 bits per heavy atom. The van der Waals surface area contributed by atoms with E-state index in [2.05, 4.69) is 5.32 Å². The van der Waals surface area contributed by atoms with Gasteiger partial charge < -0.3 is 15.2 Å². The number of anilines is 1. The second kappa shape index (κ2) is 7.52. The Kier molecular flexibility index (Phi) is 5.32. The van der Waals surface area contributed by atoms with Crippen LogP contribution in [0.1, 0.15) is 24.8 Å². The third-order valence-corrected chi connectivity index (χ3v) is 4.92. The second-order valence-corrected chi connectivity index (χ2v) is 6.75. The fourth-order valence-corrected chi connectivity index (χ4v) is 3.35. The van der Waals surface area contributed by atoms with Gasteiger partial charge in [-0.15, -0.1) is 0 Å². The van der Waals surface area contributed by atoms with Gasteiger partial charge in [-0.3, -0.25) is 4.79 Å². The fourth-order valence-electron chi connectivity index (χ4n) is 3.11. The molecule has 27 heavy (non-hydrogen) atoms. The predicted octanol–water partition coefficient (Wildman–Crippen LogP) is 4.14. The van der Waals surface area contributed by atoms with Gasteiger partial charge in [0.2, 0.25) is 5.91 Å². The summed E-state index contributed by atoms with van der Waals surface area (Å²) in [5, 5.41) is 11.5. The molecule has 2 N–H and O–H groups in total. The SMILES string of the molecule is O=C(O)COc1ccc(NC(=O)C2(c3ccc(F)cc3F)CCC2)cc1Cl. The molecule has 2 aromatic carbocycles. The van der Waals surface area contributed by atoms with Crippen LogP contribution in [0.5, 0.6) is 5.75 Å². The average molecular weight is 396 g/mol. The quantitative estimate of drug-likeness (QED) is 0.770. The predicted molar refractivity (Wildman–Crippen MR) is 95.1 cm³/mol. The smallest absolute Gasteiger partial charge is 0.341 e. The van der Waals surface area contributed by atoms with Crippen LogP contribution >= 0.6 is 11.6 Å². The van der Waals surface area contributed by atoms with Crippen LogP contribution in [0.3, 0.4) is 0 Å². The molecule has 0 radical (unpaired) electrons. The molecule has 0 saturated heterocycles. The van der Waals surface area contributed by atoms with Crippen molar-refractivity contribution in [1.29, 1.82) is 0 Å². The minimum Gasteiger partial charge on any atom is -0.480 e. The van der Waals surface area contributed by atoms with Crippen LogP contribution in [-0.2, 0) is 15.0 Å². The number of carboxylic acids is 1. The molecule has 0 heterocycles. The van der Waals surface area contributed by atoms with E-state index in [0.29, 0.717) is 18.5 Å². The zero-order chi connectivity index (χ0) is 19.6. The van der Waals surface area contributed by atoms with E-state index in [9.17, 15) is 18.4 Å². The summed E-state index contributed by atoms with van der Waals surface area (Å²) in [6, 6.07) is 7.58. The van der Waals surface area contributed by atoms with Gasteiger partial charge in [0.15, 0.2) is 6.61 Å². The third-order valence-electron chi connectivity index (χ3n) is 4.63. The Morgan fingerprint density at radius 2 is 1.93 bits per heavy atom. The van der Waals surface area contributed by atoms with Gasteiger partial charge in [0.1, 0.15) is 17.4 Å². The highest BCUT2D eigenvalue weighted by molar-refractivity contribution is 6.32. The normalized spacial score (nSPS) is 14.9. The first kappa shape index (κ1) is 19.1. The monoisotopic (exact) mass is 395 g/mol. The van der Waals surface area contributed by atoms with Crippen LogP contribution in [-0.4, -0.2) is 23.6 Å². The van der Waals surface area contributed by atoms with Crippen molar-refractivity contribution in [1.82, 2.24) is 0 Å². The summed E-state index contributed by atoms with van der Waals surface area (Å²) < 4.78 is 32.4. The van der Waals surface area contributed by atoms with Crippen molar-refractivity contribution < 1.29 is 28.2 Å². The standard InChI is InChI=1S/C19H16ClF2NO4/c20-14-9-12(3-5-16(14)27-10-17(24)25)23-18(26)19(6-1-7-19)13-4-2-11(21)8-15(13)22/h2-5,8-9H,1,6-7,10H2,(H,23,26)(H,24,25). The molecule has 1 aliphatic carbocycles. The van der Waals surface area contributed by atoms with E-state index in [1.165, 1.54) is 24.3 Å². The van der Waals surface area contributed by atoms with Crippen LogP contribution in [0.15, 0.2) is 36.4 Å². The Hall–Kier alpha value is -2.67. The van der Waals surface area contributed by atoms with Crippen molar-refractivity contribution in [3.63, 3.8) is 0 Å². The third kappa shape index (κ3) is 3.88. The number of halogens is 3. The number of hydrogen-bond donors (Lipinski definition) is 2. The first-order valence-corrected chi connectivity index (χ1v) is 8.61. The van der Waals surface area contributed by atoms with E-state index in [1.54, 1.807) is 0 Å². The summed E-state index contributed by atoms with van der Waals surface area (Å²) in [5.74, 6) is -2.83. The molecule has 0 unspecified atom stereocenters. The first-order chi connectivity index (χ1) is 12.8. The molecule has 5 nitrogen and oxygen atoms in total. The summed E-state index contributed by atoms with van der Waals surface area (Å²) in [4.78, 5) is 23.4. The largest absolute Gasteiger partial charge is 0.480 e. The Morgan fingerprint density at radius 3 is 2.48 bits per heavy atom. The lowest BCUT2D eigenvalue weighted by molar-refractivity contribution is -0.139. The Balaban J connectivity index is 1.79. The number of ether oxygens (including phenoxy) is 1. The molecule has 0 aromatic heterocycles. The Bertz CT molecular complexity index is 899. The minimum atomic E-state index is -1.14. The van der Waals surface area contributed by atoms with Crippen molar-refractivity contribution in [3.8, 4) is 5.75 Å². The molecule has 0 aliphatic heterocycles. The molecular weight excluding hydrogens is 380 g/mol. The fraction of sp³-hybridized carbons (Fsp3) is 0.263. The van der Waals surface area contributed by atoms with Crippen molar-refractivity contribution >= 4 is 29.2 Å². The molecule has 1 aliphatic rings. The minimum absolute atomic E-state index is 0.129. The number of aliphatic carboxylic acids is 1. The second-order valence-electron chi connectivity index (χ2n) is 6.34. The molecule has 1 fully saturated rings. The molecule has 0 spiro atoms. The highest BCUT2D eigenvalue weighted by atomic mass is 35.5. The topological polar surface area (TPSA) is 75.6 Å². The van der Waals surface area contributed by atoms with Crippen molar-refractivity contribution in [3.05, 3.63) is 58.6 Å². The van der Waals surface area contributed by atoms with Crippen LogP contribution in [0.25, 0.3) is 0 Å². The summed E-state index contributed by atoms with van der Waals surface area (Å²) in [5.41, 5.74) is -0.524. The number of carbonyl (C=O) groups is 2. The number of rotatable bonds is 6. The molecule has 8 heteroatoms. The lowest BCUT2D eigenvalue weighted by Gasteiger charge is -2.40. The number of hydrogen-bond acceptors (Lipinski definition) is 3. The maximum absolute atomic E-state index is 14.2. The number of nitrogens with one attached hydrogen (secondary N) is 1. The Labute approximate surface area is 158 Å². The highest BCUT2D eigenvalue weighted by Crippen LogP contribution is 2.45. The van der Waals surface area contributed by atoms with Gasteiger partial charge in [-0.05, 0) is 37.1 Å². The van der Waals surface area contributed by atoms with Gasteiger partial charge in [-0.25, -0.2) is 13.6 Å². The van der Waals surface area contributed by atoms with Gasteiger partial charge in [0.05, 0.1) is 10.4 Å². The number of carbonyl (C=O) groups excluding carboxylic acids is 1. The van der Waals surface area contributed by atoms with E-state index in [4.69, 9.17) is 21.4 Å². The molecule has 142 valence electrons. The number of amides is 1. The van der Waals surface area contributed by atoms with Gasteiger partial charge in [-0.1, -0.05) is 24.1 Å². The van der Waals surface area contributed by atoms with Gasteiger partial charge in [-0.2, -0.15) is 0 Å². The molecule has 0 atom stereocenters.